The predicted molar refractivity (Wildman–Crippen MR) is 87.8 cm³/mol. The minimum Gasteiger partial charge on any atom is -0.383 e. The second-order valence-electron chi connectivity index (χ2n) is 5.34. The molecule has 3 nitrogen and oxygen atoms in total. The molecule has 0 aliphatic heterocycles. The monoisotopic (exact) mass is 298 g/mol. The number of methoxy groups -OCH3 is 1. The molecule has 4 heteroatoms. The summed E-state index contributed by atoms with van der Waals surface area (Å²) < 4.78 is 5.06. The SMILES string of the molecule is CCN(CC(C)C)c1cccc(Cl)c1CNCCOC. The molecule has 0 aromatic heterocycles. The number of hydrogen-bond donors (Lipinski definition) is 1. The molecule has 1 aromatic carbocycles. The Morgan fingerprint density at radius 1 is 1.35 bits per heavy atom. The van der Waals surface area contributed by atoms with Gasteiger partial charge in [0.15, 0.2) is 0 Å². The Morgan fingerprint density at radius 3 is 2.70 bits per heavy atom. The summed E-state index contributed by atoms with van der Waals surface area (Å²) in [5.41, 5.74) is 2.41. The van der Waals surface area contributed by atoms with Gasteiger partial charge in [-0.15, -0.1) is 0 Å². The van der Waals surface area contributed by atoms with Crippen molar-refractivity contribution >= 4 is 17.3 Å². The minimum absolute atomic E-state index is 0.628. The summed E-state index contributed by atoms with van der Waals surface area (Å²) in [6.45, 7) is 11.0. The van der Waals surface area contributed by atoms with Crippen molar-refractivity contribution in [3.63, 3.8) is 0 Å². The summed E-state index contributed by atoms with van der Waals surface area (Å²) >= 11 is 6.38. The van der Waals surface area contributed by atoms with Crippen LogP contribution in [0.5, 0.6) is 0 Å². The Kier molecular flexibility index (Phi) is 7.97. The maximum absolute atomic E-state index is 6.38. The maximum atomic E-state index is 6.38. The molecule has 0 aliphatic carbocycles. The Morgan fingerprint density at radius 2 is 2.10 bits per heavy atom. The molecule has 0 unspecified atom stereocenters. The topological polar surface area (TPSA) is 24.5 Å². The van der Waals surface area contributed by atoms with E-state index in [1.165, 1.54) is 11.3 Å². The Hall–Kier alpha value is -0.770. The van der Waals surface area contributed by atoms with Gasteiger partial charge in [0.1, 0.15) is 0 Å². The van der Waals surface area contributed by atoms with Crippen molar-refractivity contribution in [3.8, 4) is 0 Å². The van der Waals surface area contributed by atoms with E-state index in [-0.39, 0.29) is 0 Å². The van der Waals surface area contributed by atoms with E-state index >= 15 is 0 Å². The van der Waals surface area contributed by atoms with E-state index in [9.17, 15) is 0 Å². The van der Waals surface area contributed by atoms with Gasteiger partial charge in [-0.1, -0.05) is 31.5 Å². The zero-order valence-corrected chi connectivity index (χ0v) is 13.8. The van der Waals surface area contributed by atoms with Crippen LogP contribution in [0.1, 0.15) is 26.3 Å². The fourth-order valence-corrected chi connectivity index (χ4v) is 2.48. The van der Waals surface area contributed by atoms with Crippen molar-refractivity contribution in [1.29, 1.82) is 0 Å². The third kappa shape index (κ3) is 5.31. The van der Waals surface area contributed by atoms with Crippen molar-refractivity contribution in [3.05, 3.63) is 28.8 Å². The number of nitrogens with zero attached hydrogens (tertiary/aromatic N) is 1. The molecule has 0 atom stereocenters. The number of halogens is 1. The van der Waals surface area contributed by atoms with Crippen LogP contribution < -0.4 is 10.2 Å². The summed E-state index contributed by atoms with van der Waals surface area (Å²) in [5.74, 6) is 0.628. The third-order valence-electron chi connectivity index (χ3n) is 3.19. The third-order valence-corrected chi connectivity index (χ3v) is 3.54. The van der Waals surface area contributed by atoms with Crippen molar-refractivity contribution in [1.82, 2.24) is 5.32 Å². The maximum Gasteiger partial charge on any atom is 0.0587 e. The average molecular weight is 299 g/mol. The van der Waals surface area contributed by atoms with Gasteiger partial charge in [-0.2, -0.15) is 0 Å². The number of hydrogen-bond acceptors (Lipinski definition) is 3. The first-order chi connectivity index (χ1) is 9.60. The largest absolute Gasteiger partial charge is 0.383 e. The van der Waals surface area contributed by atoms with E-state index in [4.69, 9.17) is 16.3 Å². The molecule has 0 spiro atoms. The number of ether oxygens (including phenoxy) is 1. The lowest BCUT2D eigenvalue weighted by Gasteiger charge is -2.28. The second-order valence-corrected chi connectivity index (χ2v) is 5.75. The van der Waals surface area contributed by atoms with E-state index < -0.39 is 0 Å². The van der Waals surface area contributed by atoms with E-state index in [0.29, 0.717) is 12.5 Å². The Labute approximate surface area is 128 Å². The highest BCUT2D eigenvalue weighted by atomic mass is 35.5. The summed E-state index contributed by atoms with van der Waals surface area (Å²) in [5, 5.41) is 4.21. The van der Waals surface area contributed by atoms with Crippen molar-refractivity contribution < 1.29 is 4.74 Å². The van der Waals surface area contributed by atoms with Gasteiger partial charge in [-0.05, 0) is 25.0 Å². The Bertz CT molecular complexity index is 396. The summed E-state index contributed by atoms with van der Waals surface area (Å²) in [7, 11) is 1.71. The van der Waals surface area contributed by atoms with Crippen LogP contribution in [0.3, 0.4) is 0 Å². The first kappa shape index (κ1) is 17.3. The highest BCUT2D eigenvalue weighted by Crippen LogP contribution is 2.28. The van der Waals surface area contributed by atoms with Crippen LogP contribution in [0.25, 0.3) is 0 Å². The standard InChI is InChI=1S/C16H27ClN2O/c1-5-19(12-13(2)3)16-8-6-7-15(17)14(16)11-18-9-10-20-4/h6-8,13,18H,5,9-12H2,1-4H3. The van der Waals surface area contributed by atoms with Gasteiger partial charge in [0.25, 0.3) is 0 Å². The highest BCUT2D eigenvalue weighted by molar-refractivity contribution is 6.31. The molecule has 0 fully saturated rings. The van der Waals surface area contributed by atoms with Crippen LogP contribution in [0.15, 0.2) is 18.2 Å². The van der Waals surface area contributed by atoms with Gasteiger partial charge in [-0.25, -0.2) is 0 Å². The fraction of sp³-hybridized carbons (Fsp3) is 0.625. The van der Waals surface area contributed by atoms with Gasteiger partial charge in [0.05, 0.1) is 6.61 Å². The zero-order chi connectivity index (χ0) is 15.0. The molecular formula is C16H27ClN2O. The van der Waals surface area contributed by atoms with Gasteiger partial charge < -0.3 is 15.0 Å². The molecule has 0 saturated carbocycles. The highest BCUT2D eigenvalue weighted by Gasteiger charge is 2.13. The number of nitrogens with one attached hydrogen (secondary N) is 1. The summed E-state index contributed by atoms with van der Waals surface area (Å²) in [6, 6.07) is 6.14. The molecule has 20 heavy (non-hydrogen) atoms. The van der Waals surface area contributed by atoms with E-state index in [1.54, 1.807) is 7.11 Å². The quantitative estimate of drug-likeness (QED) is 0.706. The van der Waals surface area contributed by atoms with Crippen molar-refractivity contribution in [2.75, 3.05) is 38.3 Å². The van der Waals surface area contributed by atoms with Crippen LogP contribution in [0.4, 0.5) is 5.69 Å². The van der Waals surface area contributed by atoms with E-state index in [0.717, 1.165) is 31.2 Å². The molecule has 0 heterocycles. The van der Waals surface area contributed by atoms with Crippen molar-refractivity contribution in [2.45, 2.75) is 27.3 Å². The minimum atomic E-state index is 0.628. The second kappa shape index (κ2) is 9.22. The molecule has 114 valence electrons. The van der Waals surface area contributed by atoms with Gasteiger partial charge >= 0.3 is 0 Å². The van der Waals surface area contributed by atoms with Crippen LogP contribution in [-0.4, -0.2) is 33.4 Å². The summed E-state index contributed by atoms with van der Waals surface area (Å²) in [4.78, 5) is 2.39. The lowest BCUT2D eigenvalue weighted by atomic mass is 10.1. The Balaban J connectivity index is 2.85. The number of rotatable bonds is 9. The normalized spacial score (nSPS) is 11.1. The van der Waals surface area contributed by atoms with E-state index in [2.05, 4.69) is 37.1 Å². The zero-order valence-electron chi connectivity index (χ0n) is 13.1. The fourth-order valence-electron chi connectivity index (χ4n) is 2.24. The number of anilines is 1. The summed E-state index contributed by atoms with van der Waals surface area (Å²) in [6.07, 6.45) is 0. The van der Waals surface area contributed by atoms with E-state index in [1.807, 2.05) is 12.1 Å². The predicted octanol–water partition coefficient (Wildman–Crippen LogP) is 3.56. The van der Waals surface area contributed by atoms with Gasteiger partial charge in [0.2, 0.25) is 0 Å². The molecule has 0 amide bonds. The van der Waals surface area contributed by atoms with Gasteiger partial charge in [-0.3, -0.25) is 0 Å². The molecule has 0 aliphatic rings. The average Bonchev–Trinajstić information content (AvgIpc) is 2.42. The molecule has 0 bridgehead atoms. The first-order valence-electron chi connectivity index (χ1n) is 7.32. The molecule has 1 aromatic rings. The molecule has 0 saturated heterocycles. The van der Waals surface area contributed by atoms with Crippen LogP contribution >= 0.6 is 11.6 Å². The smallest absolute Gasteiger partial charge is 0.0587 e. The molecule has 0 radical (unpaired) electrons. The van der Waals surface area contributed by atoms with Gasteiger partial charge in [0, 0.05) is 49.6 Å². The lowest BCUT2D eigenvalue weighted by Crippen LogP contribution is -2.29. The van der Waals surface area contributed by atoms with Crippen LogP contribution in [0.2, 0.25) is 5.02 Å². The van der Waals surface area contributed by atoms with Crippen LogP contribution in [-0.2, 0) is 11.3 Å². The molecule has 1 N–H and O–H groups in total. The first-order valence-corrected chi connectivity index (χ1v) is 7.69. The van der Waals surface area contributed by atoms with Crippen molar-refractivity contribution in [2.24, 2.45) is 5.92 Å². The number of benzene rings is 1. The molecule has 1 rings (SSSR count). The lowest BCUT2D eigenvalue weighted by molar-refractivity contribution is 0.199. The molecular weight excluding hydrogens is 272 g/mol. The van der Waals surface area contributed by atoms with Crippen LogP contribution in [0, 0.1) is 5.92 Å².